The lowest BCUT2D eigenvalue weighted by molar-refractivity contribution is -0.121. The molecule has 0 saturated carbocycles. The maximum absolute atomic E-state index is 11.3. The minimum atomic E-state index is 0.130. The Kier molecular flexibility index (Phi) is 8.24. The van der Waals surface area contributed by atoms with Crippen LogP contribution in [-0.2, 0) is 4.79 Å². The van der Waals surface area contributed by atoms with Crippen molar-refractivity contribution in [2.75, 3.05) is 13.1 Å². The highest BCUT2D eigenvalue weighted by atomic mass is 16.1. The van der Waals surface area contributed by atoms with Gasteiger partial charge in [0.15, 0.2) is 0 Å². The Morgan fingerprint density at radius 2 is 2.21 bits per heavy atom. The molecule has 1 atom stereocenters. The molecule has 0 aliphatic carbocycles. The first-order valence-electron chi connectivity index (χ1n) is 5.31. The summed E-state index contributed by atoms with van der Waals surface area (Å²) >= 11 is 0. The average molecular weight is 198 g/mol. The molecule has 0 rings (SSSR count). The van der Waals surface area contributed by atoms with E-state index in [1.165, 1.54) is 0 Å². The molecule has 0 bridgehead atoms. The van der Waals surface area contributed by atoms with E-state index in [0.717, 1.165) is 25.9 Å². The van der Waals surface area contributed by atoms with Gasteiger partial charge < -0.3 is 10.6 Å². The molecule has 1 unspecified atom stereocenters. The van der Waals surface area contributed by atoms with Gasteiger partial charge in [0.05, 0.1) is 0 Å². The van der Waals surface area contributed by atoms with Gasteiger partial charge in [0, 0.05) is 19.0 Å². The van der Waals surface area contributed by atoms with E-state index in [2.05, 4.69) is 24.1 Å². The van der Waals surface area contributed by atoms with Crippen LogP contribution in [0.3, 0.4) is 0 Å². The Morgan fingerprint density at radius 1 is 1.50 bits per heavy atom. The molecule has 0 aromatic rings. The maximum atomic E-state index is 11.3. The molecule has 3 nitrogen and oxygen atoms in total. The van der Waals surface area contributed by atoms with Crippen LogP contribution in [-0.4, -0.2) is 25.0 Å². The molecule has 0 radical (unpaired) electrons. The Balaban J connectivity index is 3.31. The number of hydrogen-bond donors (Lipinski definition) is 2. The summed E-state index contributed by atoms with van der Waals surface area (Å²) in [6.07, 6.45) is 4.36. The van der Waals surface area contributed by atoms with Crippen molar-refractivity contribution in [1.29, 1.82) is 0 Å². The summed E-state index contributed by atoms with van der Waals surface area (Å²) in [5.41, 5.74) is 0. The van der Waals surface area contributed by atoms with Crippen molar-refractivity contribution in [2.24, 2.45) is 0 Å². The van der Waals surface area contributed by atoms with E-state index in [4.69, 9.17) is 0 Å². The van der Waals surface area contributed by atoms with Crippen molar-refractivity contribution in [3.63, 3.8) is 0 Å². The summed E-state index contributed by atoms with van der Waals surface area (Å²) in [7, 11) is 0. The predicted molar refractivity (Wildman–Crippen MR) is 60.2 cm³/mol. The van der Waals surface area contributed by atoms with E-state index in [9.17, 15) is 4.79 Å². The highest BCUT2D eigenvalue weighted by Gasteiger charge is 2.03. The van der Waals surface area contributed by atoms with E-state index < -0.39 is 0 Å². The van der Waals surface area contributed by atoms with Gasteiger partial charge in [-0.15, -0.1) is 6.58 Å². The van der Waals surface area contributed by atoms with Gasteiger partial charge in [-0.25, -0.2) is 0 Å². The first-order valence-corrected chi connectivity index (χ1v) is 5.31. The molecule has 3 heteroatoms. The van der Waals surface area contributed by atoms with E-state index in [1.54, 1.807) is 0 Å². The number of nitrogens with one attached hydrogen (secondary N) is 2. The van der Waals surface area contributed by atoms with Crippen LogP contribution < -0.4 is 10.6 Å². The van der Waals surface area contributed by atoms with Crippen LogP contribution in [0.5, 0.6) is 0 Å². The van der Waals surface area contributed by atoms with Gasteiger partial charge in [0.1, 0.15) is 0 Å². The van der Waals surface area contributed by atoms with Gasteiger partial charge in [0.25, 0.3) is 0 Å². The zero-order valence-electron chi connectivity index (χ0n) is 9.31. The van der Waals surface area contributed by atoms with Crippen LogP contribution >= 0.6 is 0 Å². The standard InChI is InChI=1S/C11H22N2O/c1-4-6-8-12-9-7-11(14)13-10(3)5-2/h4,10,12H,1,5-9H2,2-3H3,(H,13,14). The number of carbonyl (C=O) groups is 1. The fourth-order valence-corrected chi connectivity index (χ4v) is 0.980. The lowest BCUT2D eigenvalue weighted by atomic mass is 10.2. The Labute approximate surface area is 87.0 Å². The normalized spacial score (nSPS) is 12.1. The average Bonchev–Trinajstić information content (AvgIpc) is 2.17. The molecule has 0 aliphatic heterocycles. The molecule has 2 N–H and O–H groups in total. The molecule has 14 heavy (non-hydrogen) atoms. The van der Waals surface area contributed by atoms with Crippen LogP contribution in [0.2, 0.25) is 0 Å². The maximum Gasteiger partial charge on any atom is 0.221 e. The zero-order valence-corrected chi connectivity index (χ0v) is 9.31. The minimum absolute atomic E-state index is 0.130. The van der Waals surface area contributed by atoms with Crippen molar-refractivity contribution in [3.8, 4) is 0 Å². The molecule has 0 heterocycles. The second-order valence-electron chi connectivity index (χ2n) is 3.45. The fourth-order valence-electron chi connectivity index (χ4n) is 0.980. The summed E-state index contributed by atoms with van der Waals surface area (Å²) in [6.45, 7) is 9.35. The molecule has 0 aromatic carbocycles. The first-order chi connectivity index (χ1) is 6.70. The summed E-state index contributed by atoms with van der Waals surface area (Å²) in [4.78, 5) is 11.3. The SMILES string of the molecule is C=CCCNCCC(=O)NC(C)CC. The van der Waals surface area contributed by atoms with Crippen LogP contribution in [0.1, 0.15) is 33.1 Å². The monoisotopic (exact) mass is 198 g/mol. The number of amides is 1. The van der Waals surface area contributed by atoms with E-state index in [1.807, 2.05) is 13.0 Å². The van der Waals surface area contributed by atoms with E-state index in [-0.39, 0.29) is 11.9 Å². The smallest absolute Gasteiger partial charge is 0.221 e. The van der Waals surface area contributed by atoms with Crippen molar-refractivity contribution >= 4 is 5.91 Å². The van der Waals surface area contributed by atoms with Gasteiger partial charge in [-0.1, -0.05) is 13.0 Å². The number of rotatable bonds is 8. The molecule has 82 valence electrons. The van der Waals surface area contributed by atoms with Crippen molar-refractivity contribution in [1.82, 2.24) is 10.6 Å². The molecule has 0 aliphatic rings. The van der Waals surface area contributed by atoms with Gasteiger partial charge in [-0.05, 0) is 26.3 Å². The van der Waals surface area contributed by atoms with Crippen LogP contribution in [0.25, 0.3) is 0 Å². The Hall–Kier alpha value is -0.830. The van der Waals surface area contributed by atoms with Crippen molar-refractivity contribution < 1.29 is 4.79 Å². The highest BCUT2D eigenvalue weighted by molar-refractivity contribution is 5.76. The molecule has 1 amide bonds. The van der Waals surface area contributed by atoms with Gasteiger partial charge in [0.2, 0.25) is 5.91 Å². The predicted octanol–water partition coefficient (Wildman–Crippen LogP) is 1.46. The quantitative estimate of drug-likeness (QED) is 0.458. The van der Waals surface area contributed by atoms with Crippen molar-refractivity contribution in [2.45, 2.75) is 39.2 Å². The third kappa shape index (κ3) is 7.80. The van der Waals surface area contributed by atoms with Crippen LogP contribution in [0, 0.1) is 0 Å². The fraction of sp³-hybridized carbons (Fsp3) is 0.727. The highest BCUT2D eigenvalue weighted by Crippen LogP contribution is 1.89. The lowest BCUT2D eigenvalue weighted by Gasteiger charge is -2.11. The summed E-state index contributed by atoms with van der Waals surface area (Å²) in [5.74, 6) is 0.130. The van der Waals surface area contributed by atoms with Gasteiger partial charge in [-0.2, -0.15) is 0 Å². The second-order valence-corrected chi connectivity index (χ2v) is 3.45. The lowest BCUT2D eigenvalue weighted by Crippen LogP contribution is -2.34. The molecular weight excluding hydrogens is 176 g/mol. The van der Waals surface area contributed by atoms with Gasteiger partial charge >= 0.3 is 0 Å². The Bertz CT molecular complexity index is 169. The van der Waals surface area contributed by atoms with Gasteiger partial charge in [-0.3, -0.25) is 4.79 Å². The zero-order chi connectivity index (χ0) is 10.8. The summed E-state index contributed by atoms with van der Waals surface area (Å²) < 4.78 is 0. The summed E-state index contributed by atoms with van der Waals surface area (Å²) in [5, 5.41) is 6.10. The minimum Gasteiger partial charge on any atom is -0.354 e. The second kappa shape index (κ2) is 8.75. The Morgan fingerprint density at radius 3 is 2.79 bits per heavy atom. The molecular formula is C11H22N2O. The topological polar surface area (TPSA) is 41.1 Å². The third-order valence-corrected chi connectivity index (χ3v) is 2.07. The van der Waals surface area contributed by atoms with Crippen molar-refractivity contribution in [3.05, 3.63) is 12.7 Å². The molecule has 0 spiro atoms. The van der Waals surface area contributed by atoms with E-state index >= 15 is 0 Å². The summed E-state index contributed by atoms with van der Waals surface area (Å²) in [6, 6.07) is 0.288. The molecule has 0 aromatic heterocycles. The largest absolute Gasteiger partial charge is 0.354 e. The van der Waals surface area contributed by atoms with Crippen LogP contribution in [0.4, 0.5) is 0 Å². The van der Waals surface area contributed by atoms with E-state index in [0.29, 0.717) is 6.42 Å². The number of carbonyl (C=O) groups excluding carboxylic acids is 1. The molecule has 0 saturated heterocycles. The third-order valence-electron chi connectivity index (χ3n) is 2.07. The molecule has 0 fully saturated rings. The number of hydrogen-bond acceptors (Lipinski definition) is 2. The van der Waals surface area contributed by atoms with Crippen LogP contribution in [0.15, 0.2) is 12.7 Å². The first kappa shape index (κ1) is 13.2.